The molecule has 48 heavy (non-hydrogen) atoms. The molecule has 0 heterocycles. The van der Waals surface area contributed by atoms with Crippen LogP contribution < -0.4 is 10.6 Å². The zero-order chi connectivity index (χ0) is 36.0. The minimum absolute atomic E-state index is 0. The first-order chi connectivity index (χ1) is 21.6. The molecule has 0 saturated heterocycles. The van der Waals surface area contributed by atoms with Gasteiger partial charge in [0.1, 0.15) is 6.29 Å². The van der Waals surface area contributed by atoms with Gasteiger partial charge in [0.15, 0.2) is 0 Å². The number of rotatable bonds is 10. The number of alkyl halides is 6. The second-order valence-electron chi connectivity index (χ2n) is 12.6. The highest BCUT2D eigenvalue weighted by atomic mass is 19.4. The van der Waals surface area contributed by atoms with Crippen LogP contribution in [0.2, 0.25) is 0 Å². The molecule has 0 unspecified atom stereocenters. The molecule has 3 aromatic rings. The number of halogens is 6. The van der Waals surface area contributed by atoms with Gasteiger partial charge in [0.25, 0.3) is 12.4 Å². The predicted molar refractivity (Wildman–Crippen MR) is 178 cm³/mol. The topological polar surface area (TPSA) is 95.5 Å². The Labute approximate surface area is 277 Å². The van der Waals surface area contributed by atoms with Gasteiger partial charge in [0.2, 0.25) is 0 Å². The lowest BCUT2D eigenvalue weighted by Crippen LogP contribution is -2.29. The van der Waals surface area contributed by atoms with Gasteiger partial charge in [0.05, 0.1) is 11.1 Å². The maximum Gasteiger partial charge on any atom is 0.417 e. The van der Waals surface area contributed by atoms with Crippen molar-refractivity contribution >= 4 is 30.0 Å². The lowest BCUT2D eigenvalue weighted by molar-refractivity contribution is -0.139. The van der Waals surface area contributed by atoms with E-state index in [1.54, 1.807) is 32.9 Å². The summed E-state index contributed by atoms with van der Waals surface area (Å²) in [6, 6.07) is 9.00. The van der Waals surface area contributed by atoms with E-state index in [1.165, 1.54) is 6.07 Å². The standard InChI is InChI=1S/C34H38F6N2O2.CH2O2.CH4/c1-8-31(4,5)18-21-15-27(20(3)14-22(21)19-43)30(44)41-23-10-12-25(28(16-23)33(35,36)37)26-13-11-24(42-32(6,7)9-2)17-29(26)34(38,39)40;2-1-3;/h10-17,19,42H,8-9,18H2,1-7H3,(H,41,44);1H,(H,2,3);1H4. The number of hydrogen-bond acceptors (Lipinski definition) is 4. The van der Waals surface area contributed by atoms with Gasteiger partial charge in [-0.2, -0.15) is 26.3 Å². The van der Waals surface area contributed by atoms with E-state index in [1.807, 2.05) is 27.7 Å². The Morgan fingerprint density at radius 1 is 0.792 bits per heavy atom. The summed E-state index contributed by atoms with van der Waals surface area (Å²) in [5.74, 6) is -0.707. The molecule has 3 rings (SSSR count). The molecular weight excluding hydrogens is 638 g/mol. The first kappa shape index (κ1) is 41.7. The van der Waals surface area contributed by atoms with E-state index in [-0.39, 0.29) is 36.3 Å². The predicted octanol–water partition coefficient (Wildman–Crippen LogP) is 10.7. The van der Waals surface area contributed by atoms with Crippen molar-refractivity contribution in [3.63, 3.8) is 0 Å². The number of hydrogen-bond donors (Lipinski definition) is 3. The van der Waals surface area contributed by atoms with E-state index in [9.17, 15) is 35.9 Å². The molecule has 0 saturated carbocycles. The monoisotopic (exact) mass is 682 g/mol. The van der Waals surface area contributed by atoms with Gasteiger partial charge in [-0.1, -0.05) is 53.7 Å². The van der Waals surface area contributed by atoms with Gasteiger partial charge < -0.3 is 15.7 Å². The summed E-state index contributed by atoms with van der Waals surface area (Å²) in [4.78, 5) is 33.3. The van der Waals surface area contributed by atoms with Crippen molar-refractivity contribution in [2.24, 2.45) is 5.41 Å². The van der Waals surface area contributed by atoms with E-state index < -0.39 is 46.1 Å². The molecule has 0 aliphatic carbocycles. The quantitative estimate of drug-likeness (QED) is 0.146. The van der Waals surface area contributed by atoms with Crippen LogP contribution in [0.15, 0.2) is 48.5 Å². The second kappa shape index (κ2) is 16.2. The maximum absolute atomic E-state index is 14.3. The Balaban J connectivity index is 0.00000277. The summed E-state index contributed by atoms with van der Waals surface area (Å²) >= 11 is 0. The van der Waals surface area contributed by atoms with Crippen LogP contribution in [0.4, 0.5) is 37.7 Å². The Kier molecular flexibility index (Phi) is 14.0. The van der Waals surface area contributed by atoms with E-state index in [0.29, 0.717) is 41.9 Å². The normalized spacial score (nSPS) is 11.9. The number of nitrogens with one attached hydrogen (secondary N) is 2. The molecule has 264 valence electrons. The molecule has 3 N–H and O–H groups in total. The average molecular weight is 683 g/mol. The molecule has 0 aromatic heterocycles. The van der Waals surface area contributed by atoms with Crippen molar-refractivity contribution in [3.05, 3.63) is 81.9 Å². The minimum atomic E-state index is -5.03. The molecule has 0 fully saturated rings. The van der Waals surface area contributed by atoms with E-state index >= 15 is 0 Å². The Bertz CT molecular complexity index is 1590. The fourth-order valence-corrected chi connectivity index (χ4v) is 4.78. The minimum Gasteiger partial charge on any atom is -0.483 e. The number of amides is 1. The fraction of sp³-hybridized carbons (Fsp3) is 0.417. The summed E-state index contributed by atoms with van der Waals surface area (Å²) in [6.45, 7) is 12.8. The average Bonchev–Trinajstić information content (AvgIpc) is 2.97. The van der Waals surface area contributed by atoms with Crippen molar-refractivity contribution in [2.45, 2.75) is 93.0 Å². The van der Waals surface area contributed by atoms with Crippen molar-refractivity contribution in [1.29, 1.82) is 0 Å². The summed E-state index contributed by atoms with van der Waals surface area (Å²) in [5, 5.41) is 12.3. The largest absolute Gasteiger partial charge is 0.483 e. The third-order valence-corrected chi connectivity index (χ3v) is 8.05. The van der Waals surface area contributed by atoms with Crippen molar-refractivity contribution in [3.8, 4) is 11.1 Å². The van der Waals surface area contributed by atoms with Gasteiger partial charge in [-0.05, 0) is 97.7 Å². The number of anilines is 2. The molecule has 0 spiro atoms. The molecule has 0 aliphatic heterocycles. The third kappa shape index (κ3) is 10.8. The number of carboxylic acid groups (broad SMARTS) is 1. The SMILES string of the molecule is C.CCC(C)(C)Cc1cc(C(=O)Nc2ccc(-c3ccc(NC(C)(C)CC)cc3C(F)(F)F)c(C(F)(F)F)c2)c(C)cc1C=O.O=CO. The Morgan fingerprint density at radius 2 is 1.27 bits per heavy atom. The Hall–Kier alpha value is -4.35. The van der Waals surface area contributed by atoms with Crippen LogP contribution in [0.3, 0.4) is 0 Å². The first-order valence-electron chi connectivity index (χ1n) is 14.8. The van der Waals surface area contributed by atoms with Crippen LogP contribution in [-0.2, 0) is 23.6 Å². The molecule has 0 bridgehead atoms. The van der Waals surface area contributed by atoms with Crippen molar-refractivity contribution in [2.75, 3.05) is 10.6 Å². The fourth-order valence-electron chi connectivity index (χ4n) is 4.78. The van der Waals surface area contributed by atoms with Crippen LogP contribution in [0, 0.1) is 12.3 Å². The van der Waals surface area contributed by atoms with Gasteiger partial charge in [-0.15, -0.1) is 0 Å². The maximum atomic E-state index is 14.3. The molecule has 3 aromatic carbocycles. The van der Waals surface area contributed by atoms with Crippen LogP contribution in [0.5, 0.6) is 0 Å². The van der Waals surface area contributed by atoms with Crippen LogP contribution in [-0.4, -0.2) is 29.3 Å². The van der Waals surface area contributed by atoms with E-state index in [0.717, 1.165) is 30.7 Å². The molecule has 6 nitrogen and oxygen atoms in total. The zero-order valence-electron chi connectivity index (χ0n) is 27.3. The smallest absolute Gasteiger partial charge is 0.417 e. The highest BCUT2D eigenvalue weighted by Gasteiger charge is 2.39. The summed E-state index contributed by atoms with van der Waals surface area (Å²) in [6.07, 6.45) is -7.36. The molecular formula is C36H44F6N2O4. The molecule has 12 heteroatoms. The number of benzene rings is 3. The van der Waals surface area contributed by atoms with Gasteiger partial charge in [-0.25, -0.2) is 0 Å². The molecule has 1 amide bonds. The second-order valence-corrected chi connectivity index (χ2v) is 12.6. The van der Waals surface area contributed by atoms with Crippen molar-refractivity contribution < 1.29 is 45.8 Å². The van der Waals surface area contributed by atoms with Crippen molar-refractivity contribution in [1.82, 2.24) is 0 Å². The summed E-state index contributed by atoms with van der Waals surface area (Å²) in [5.41, 5.74) is -2.99. The highest BCUT2D eigenvalue weighted by Crippen LogP contribution is 2.44. The van der Waals surface area contributed by atoms with Gasteiger partial charge >= 0.3 is 12.4 Å². The molecule has 0 radical (unpaired) electrons. The lowest BCUT2D eigenvalue weighted by atomic mass is 9.81. The number of aryl methyl sites for hydroxylation is 1. The molecule has 0 atom stereocenters. The molecule has 0 aliphatic rings. The lowest BCUT2D eigenvalue weighted by Gasteiger charge is -2.27. The number of carbonyl (C=O) groups excluding carboxylic acids is 2. The van der Waals surface area contributed by atoms with Crippen LogP contribution >= 0.6 is 0 Å². The van der Waals surface area contributed by atoms with Crippen LogP contribution in [0.25, 0.3) is 11.1 Å². The summed E-state index contributed by atoms with van der Waals surface area (Å²) < 4.78 is 85.4. The van der Waals surface area contributed by atoms with Crippen LogP contribution in [0.1, 0.15) is 105 Å². The highest BCUT2D eigenvalue weighted by molar-refractivity contribution is 6.06. The van der Waals surface area contributed by atoms with E-state index in [4.69, 9.17) is 9.90 Å². The van der Waals surface area contributed by atoms with Gasteiger partial charge in [0, 0.05) is 28.0 Å². The number of aldehydes is 1. The third-order valence-electron chi connectivity index (χ3n) is 8.05. The van der Waals surface area contributed by atoms with E-state index in [2.05, 4.69) is 10.6 Å². The first-order valence-corrected chi connectivity index (χ1v) is 14.8. The Morgan fingerprint density at radius 3 is 1.71 bits per heavy atom. The van der Waals surface area contributed by atoms with Gasteiger partial charge in [-0.3, -0.25) is 14.4 Å². The summed E-state index contributed by atoms with van der Waals surface area (Å²) in [7, 11) is 0. The zero-order valence-corrected chi connectivity index (χ0v) is 27.3. The number of carbonyl (C=O) groups is 3.